The molecule has 12 heterocycles. The van der Waals surface area contributed by atoms with Crippen molar-refractivity contribution in [3.05, 3.63) is 261 Å². The maximum absolute atomic E-state index is 10.2. The second-order valence-corrected chi connectivity index (χ2v) is 42.7. The highest BCUT2D eigenvalue weighted by Crippen LogP contribution is 2.51. The zero-order valence-corrected chi connectivity index (χ0v) is 63.3. The lowest BCUT2D eigenvalue weighted by Crippen LogP contribution is -2.78. The number of aliphatic imine (C=N–C) groups is 8. The first kappa shape index (κ1) is 63.9. The van der Waals surface area contributed by atoms with Crippen LogP contribution in [0, 0.1) is 0 Å². The summed E-state index contributed by atoms with van der Waals surface area (Å²) in [5.74, 6) is 6.07. The molecule has 8 aromatic carbocycles. The molecular formula is C82H74N16O3Si4. The van der Waals surface area contributed by atoms with Gasteiger partial charge >= 0.3 is 17.8 Å². The van der Waals surface area contributed by atoms with Crippen LogP contribution in [0.1, 0.15) is 125 Å². The van der Waals surface area contributed by atoms with E-state index in [9.17, 15) is 12.3 Å². The quantitative estimate of drug-likeness (QED) is 0.0772. The summed E-state index contributed by atoms with van der Waals surface area (Å²) in [6.07, 6.45) is 5.00. The van der Waals surface area contributed by atoms with Crippen molar-refractivity contribution in [3.8, 4) is 0 Å². The summed E-state index contributed by atoms with van der Waals surface area (Å²) in [4.78, 5) is 71.3. The largest absolute Gasteiger partial charge is 0.586 e. The van der Waals surface area contributed by atoms with Crippen LogP contribution in [0.25, 0.3) is 43.1 Å². The summed E-state index contributed by atoms with van der Waals surface area (Å²) < 4.78 is 38.8. The molecule has 0 aliphatic carbocycles. The van der Waals surface area contributed by atoms with Crippen LogP contribution in [-0.2, 0) is 12.3 Å². The third-order valence-corrected chi connectivity index (χ3v) is 42.0. The van der Waals surface area contributed by atoms with Gasteiger partial charge in [-0.15, -0.1) is 0 Å². The Labute approximate surface area is 609 Å². The van der Waals surface area contributed by atoms with Gasteiger partial charge in [-0.3, -0.25) is 16.9 Å². The molecule has 20 rings (SSSR count). The highest BCUT2D eigenvalue weighted by atomic mass is 28.5. The molecule has 0 radical (unpaired) electrons. The molecule has 0 spiro atoms. The van der Waals surface area contributed by atoms with Crippen molar-refractivity contribution >= 4 is 147 Å². The predicted octanol–water partition coefficient (Wildman–Crippen LogP) is 16.2. The molecule has 2 atom stereocenters. The van der Waals surface area contributed by atoms with Crippen molar-refractivity contribution in [2.45, 2.75) is 116 Å². The lowest BCUT2D eigenvalue weighted by Gasteiger charge is -2.48. The Morgan fingerprint density at radius 2 is 0.429 bits per heavy atom. The molecule has 516 valence electrons. The highest BCUT2D eigenvalue weighted by Gasteiger charge is 2.68. The molecule has 0 saturated heterocycles. The molecular weight excluding hydrogens is 1370 g/mol. The van der Waals surface area contributed by atoms with E-state index in [1.54, 1.807) is 0 Å². The number of rotatable bonds is 18. The molecule has 23 heteroatoms. The molecule has 12 aromatic rings. The number of aromatic nitrogens is 4. The number of hydrogen-bond donors (Lipinski definition) is 0. The molecule has 8 aliphatic rings. The SMILES string of the molecule is CCC[Si](CCC)(CCC)O[Si]1(O[Si]2(O[Si](CCC)(CCC)CCC)n3c4c5ccccc5c3N=C3N=C(N=c5c6ccccc6c(n52)=NC2=NC(=N4)c4ccccc42)c2ccccc23)n2c3c4ccccc4c2N=C2N=C(N=c4c5ccccc5c(n41)=NC1=NC(=N3)c3ccccc31)c1ccccc12. The molecule has 12 bridgehead atoms. The van der Waals surface area contributed by atoms with Crippen LogP contribution in [0.2, 0.25) is 36.3 Å². The molecule has 2 unspecified atom stereocenters. The minimum atomic E-state index is -5.46. The Bertz CT molecular complexity index is 5620. The van der Waals surface area contributed by atoms with Crippen LogP contribution in [0.5, 0.6) is 0 Å². The average molecular weight is 1440 g/mol. The number of amidine groups is 8. The van der Waals surface area contributed by atoms with Gasteiger partial charge in [-0.2, -0.15) is 0 Å². The first-order chi connectivity index (χ1) is 51.6. The van der Waals surface area contributed by atoms with Crippen LogP contribution >= 0.6 is 0 Å². The van der Waals surface area contributed by atoms with Gasteiger partial charge in [-0.25, -0.2) is 59.9 Å². The van der Waals surface area contributed by atoms with E-state index in [0.29, 0.717) is 91.9 Å². The molecule has 19 nitrogen and oxygen atoms in total. The van der Waals surface area contributed by atoms with E-state index in [1.165, 1.54) is 0 Å². The van der Waals surface area contributed by atoms with Crippen LogP contribution < -0.4 is 22.0 Å². The number of hydrogen-bond acceptors (Lipinski definition) is 15. The highest BCUT2D eigenvalue weighted by molar-refractivity contribution is 6.91. The average Bonchev–Trinajstić information content (AvgIpc) is 1.52. The molecule has 0 N–H and O–H groups in total. The van der Waals surface area contributed by atoms with Gasteiger partial charge in [-0.1, -0.05) is 274 Å². The van der Waals surface area contributed by atoms with E-state index in [1.807, 2.05) is 0 Å². The van der Waals surface area contributed by atoms with E-state index in [2.05, 4.69) is 253 Å². The summed E-state index contributed by atoms with van der Waals surface area (Å²) >= 11 is 0. The summed E-state index contributed by atoms with van der Waals surface area (Å²) in [5.41, 5.74) is 8.84. The Morgan fingerprint density at radius 1 is 0.238 bits per heavy atom. The van der Waals surface area contributed by atoms with E-state index >= 15 is 0 Å². The number of fused-ring (bicyclic) bond motifs is 28. The minimum absolute atomic E-state index is 0.491. The second kappa shape index (κ2) is 24.4. The van der Waals surface area contributed by atoms with Gasteiger partial charge in [0, 0.05) is 87.6 Å². The Morgan fingerprint density at radius 3 is 0.638 bits per heavy atom. The first-order valence-electron chi connectivity index (χ1n) is 37.3. The van der Waals surface area contributed by atoms with Gasteiger partial charge in [-0.05, 0) is 36.3 Å². The second-order valence-electron chi connectivity index (χ2n) is 28.5. The van der Waals surface area contributed by atoms with E-state index in [4.69, 9.17) is 59.9 Å². The van der Waals surface area contributed by atoms with E-state index in [-0.39, 0.29) is 0 Å². The summed E-state index contributed by atoms with van der Waals surface area (Å²) in [6.45, 7) is 13.8. The van der Waals surface area contributed by atoms with E-state index < -0.39 is 34.4 Å². The summed E-state index contributed by atoms with van der Waals surface area (Å²) in [7, 11) is -17.7. The van der Waals surface area contributed by atoms with Crippen molar-refractivity contribution in [2.75, 3.05) is 0 Å². The van der Waals surface area contributed by atoms with Gasteiger partial charge in [0.15, 0.2) is 63.3 Å². The Kier molecular flexibility index (Phi) is 14.9. The van der Waals surface area contributed by atoms with Crippen LogP contribution in [-0.4, -0.2) is 98.0 Å². The fourth-order valence-electron chi connectivity index (χ4n) is 17.8. The number of benzene rings is 8. The van der Waals surface area contributed by atoms with Gasteiger partial charge in [0.25, 0.3) is 0 Å². The predicted molar refractivity (Wildman–Crippen MR) is 428 cm³/mol. The maximum atomic E-state index is 10.2. The van der Waals surface area contributed by atoms with Crippen LogP contribution in [0.4, 0.5) is 23.3 Å². The fraction of sp³-hybridized carbons (Fsp3) is 0.220. The monoisotopic (exact) mass is 1440 g/mol. The Balaban J connectivity index is 1.11. The van der Waals surface area contributed by atoms with Crippen LogP contribution in [0.15, 0.2) is 254 Å². The maximum Gasteiger partial charge on any atom is 0.586 e. The van der Waals surface area contributed by atoms with Gasteiger partial charge < -0.3 is 12.3 Å². The smallest absolute Gasteiger partial charge is 0.403 e. The topological polar surface area (TPSA) is 196 Å². The zero-order valence-electron chi connectivity index (χ0n) is 59.3. The van der Waals surface area contributed by atoms with Crippen molar-refractivity contribution < 1.29 is 12.3 Å². The normalized spacial score (nSPS) is 18.3. The van der Waals surface area contributed by atoms with Crippen LogP contribution in [0.3, 0.4) is 0 Å². The molecule has 0 amide bonds. The van der Waals surface area contributed by atoms with Crippen molar-refractivity contribution in [3.63, 3.8) is 0 Å². The minimum Gasteiger partial charge on any atom is -0.403 e. The third kappa shape index (κ3) is 9.40. The van der Waals surface area contributed by atoms with Crippen molar-refractivity contribution in [2.24, 2.45) is 59.9 Å². The first-order valence-corrected chi connectivity index (χ1v) is 45.7. The molecule has 4 aromatic heterocycles. The fourth-order valence-corrected chi connectivity index (χ4v) is 41.0. The van der Waals surface area contributed by atoms with Gasteiger partial charge in [0.2, 0.25) is 0 Å². The lowest BCUT2D eigenvalue weighted by molar-refractivity contribution is 0.256. The molecule has 105 heavy (non-hydrogen) atoms. The van der Waals surface area contributed by atoms with Gasteiger partial charge in [0.05, 0.1) is 0 Å². The van der Waals surface area contributed by atoms with Gasteiger partial charge in [0.1, 0.15) is 45.2 Å². The third-order valence-electron chi connectivity index (χ3n) is 21.8. The zero-order chi connectivity index (χ0) is 70.5. The molecule has 0 fully saturated rings. The lowest BCUT2D eigenvalue weighted by atomic mass is 10.1. The van der Waals surface area contributed by atoms with Crippen molar-refractivity contribution in [1.29, 1.82) is 0 Å². The number of nitrogens with zero attached hydrogens (tertiary/aromatic N) is 16. The standard InChI is InChI=1S/C82H74N16O3Si4/c1-7-45-102(46-8-2,47-9-3)99-104(95-75-59-37-21-22-38-60(59)77(95)89-69-53-31-15-16-32-54(53)70(84-69)90-78-62-40-24-23-39-61(62)76(96(78)104)88-68-52-30-14-13-29-51(52)67(83-68)87-75)101-105(100-103(48-10-4,49-11-5)50-12-6)97-79-63-41-25-26-42-64(63)81(97)93-73-57-35-19-20-36-58(57)74(86-73)94-82-66-44-28-27-43-65(66)80(98(82)105)92-72-56-34-18-17-33-55(56)71(85-72)91-79/h13-44H,7-12,45-50H2,1-6H3. The summed E-state index contributed by atoms with van der Waals surface area (Å²) in [5, 5.41) is 6.44. The summed E-state index contributed by atoms with van der Waals surface area (Å²) in [6, 6.07) is 72.0. The Hall–Kier alpha value is -10.8. The van der Waals surface area contributed by atoms with Crippen molar-refractivity contribution in [1.82, 2.24) is 16.9 Å². The van der Waals surface area contributed by atoms with E-state index in [0.717, 1.165) is 162 Å². The molecule has 8 aliphatic heterocycles. The molecule has 0 saturated carbocycles.